The van der Waals surface area contributed by atoms with E-state index in [4.69, 9.17) is 23.2 Å². The summed E-state index contributed by atoms with van der Waals surface area (Å²) in [5.74, 6) is 0.0729. The molecule has 1 amide bonds. The fraction of sp³-hybridized carbons (Fsp3) is 0.235. The lowest BCUT2D eigenvalue weighted by Crippen LogP contribution is -2.25. The Morgan fingerprint density at radius 3 is 2.62 bits per heavy atom. The maximum absolute atomic E-state index is 12.5. The van der Waals surface area contributed by atoms with E-state index >= 15 is 0 Å². The summed E-state index contributed by atoms with van der Waals surface area (Å²) in [6.07, 6.45) is 3.33. The first kappa shape index (κ1) is 18.9. The van der Waals surface area contributed by atoms with Gasteiger partial charge in [0, 0.05) is 11.2 Å². The summed E-state index contributed by atoms with van der Waals surface area (Å²) in [4.78, 5) is 12.5. The maximum atomic E-state index is 12.5. The molecule has 136 valence electrons. The molecule has 1 aromatic carbocycles. The number of amides is 1. The summed E-state index contributed by atoms with van der Waals surface area (Å²) in [5, 5.41) is 12.4. The van der Waals surface area contributed by atoms with Gasteiger partial charge in [0.1, 0.15) is 11.1 Å². The Balaban J connectivity index is 1.71. The maximum Gasteiger partial charge on any atom is 0.250 e. The molecule has 3 aromatic rings. The van der Waals surface area contributed by atoms with E-state index in [1.54, 1.807) is 28.7 Å². The van der Waals surface area contributed by atoms with Crippen molar-refractivity contribution in [2.75, 3.05) is 5.32 Å². The van der Waals surface area contributed by atoms with Gasteiger partial charge in [0.15, 0.2) is 5.82 Å². The summed E-state index contributed by atoms with van der Waals surface area (Å²) in [5.41, 5.74) is 1.89. The lowest BCUT2D eigenvalue weighted by Gasteiger charge is -2.13. The Morgan fingerprint density at radius 2 is 2.00 bits per heavy atom. The summed E-state index contributed by atoms with van der Waals surface area (Å²) < 4.78 is 4.15. The average Bonchev–Trinajstić information content (AvgIpc) is 3.12. The Morgan fingerprint density at radius 1 is 1.31 bits per heavy atom. The Labute approximate surface area is 169 Å². The summed E-state index contributed by atoms with van der Waals surface area (Å²) >= 11 is 15.5. The first-order chi connectivity index (χ1) is 12.3. The third-order valence-electron chi connectivity index (χ3n) is 3.95. The number of carbonyl (C=O) groups is 1. The lowest BCUT2D eigenvalue weighted by atomic mass is 10.2. The summed E-state index contributed by atoms with van der Waals surface area (Å²) in [6.45, 7) is 4.17. The highest BCUT2D eigenvalue weighted by Crippen LogP contribution is 2.23. The van der Waals surface area contributed by atoms with Crippen LogP contribution in [0.5, 0.6) is 0 Å². The van der Waals surface area contributed by atoms with Crippen LogP contribution >= 0.6 is 39.1 Å². The quantitative estimate of drug-likeness (QED) is 0.604. The zero-order valence-corrected chi connectivity index (χ0v) is 17.2. The van der Waals surface area contributed by atoms with E-state index < -0.39 is 6.04 Å². The molecule has 1 atom stereocenters. The van der Waals surface area contributed by atoms with Crippen molar-refractivity contribution in [1.82, 2.24) is 19.6 Å². The molecule has 0 saturated heterocycles. The fourth-order valence-electron chi connectivity index (χ4n) is 2.46. The number of anilines is 1. The molecule has 1 N–H and O–H groups in total. The lowest BCUT2D eigenvalue weighted by molar-refractivity contribution is -0.119. The van der Waals surface area contributed by atoms with Gasteiger partial charge in [-0.25, -0.2) is 0 Å². The van der Waals surface area contributed by atoms with Crippen LogP contribution in [0.1, 0.15) is 24.2 Å². The zero-order chi connectivity index (χ0) is 18.8. The predicted octanol–water partition coefficient (Wildman–Crippen LogP) is 4.71. The number of halogens is 3. The van der Waals surface area contributed by atoms with Crippen molar-refractivity contribution < 1.29 is 4.79 Å². The predicted molar refractivity (Wildman–Crippen MR) is 106 cm³/mol. The molecule has 26 heavy (non-hydrogen) atoms. The van der Waals surface area contributed by atoms with Crippen molar-refractivity contribution in [3.05, 3.63) is 62.4 Å². The summed E-state index contributed by atoms with van der Waals surface area (Å²) in [7, 11) is 0. The van der Waals surface area contributed by atoms with Crippen LogP contribution in [0.25, 0.3) is 0 Å². The van der Waals surface area contributed by atoms with Crippen LogP contribution in [0.4, 0.5) is 5.82 Å². The number of nitrogens with zero attached hydrogens (tertiary/aromatic N) is 4. The number of benzene rings is 1. The number of aromatic nitrogens is 4. The van der Waals surface area contributed by atoms with Gasteiger partial charge >= 0.3 is 0 Å². The molecule has 0 fully saturated rings. The van der Waals surface area contributed by atoms with Gasteiger partial charge in [0.05, 0.1) is 22.9 Å². The van der Waals surface area contributed by atoms with Crippen LogP contribution in [-0.4, -0.2) is 25.5 Å². The largest absolute Gasteiger partial charge is 0.306 e. The minimum Gasteiger partial charge on any atom is -0.306 e. The standard InChI is InChI=1S/C17H16BrCl2N5O/c1-10-14(18)7-21-25(10)11(2)17(26)22-16-15(20)9-24(23-16)8-12-3-5-13(19)6-4-12/h3-7,9,11H,8H2,1-2H3,(H,22,23,26). The van der Waals surface area contributed by atoms with Crippen LogP contribution < -0.4 is 5.32 Å². The third kappa shape index (κ3) is 4.11. The number of hydrogen-bond donors (Lipinski definition) is 1. The van der Waals surface area contributed by atoms with E-state index in [2.05, 4.69) is 31.4 Å². The normalized spacial score (nSPS) is 12.2. The number of nitrogens with one attached hydrogen (secondary N) is 1. The van der Waals surface area contributed by atoms with E-state index in [0.29, 0.717) is 22.4 Å². The van der Waals surface area contributed by atoms with Gasteiger partial charge in [-0.3, -0.25) is 14.2 Å². The second-order valence-corrected chi connectivity index (χ2v) is 7.54. The Kier molecular flexibility index (Phi) is 5.70. The van der Waals surface area contributed by atoms with Crippen LogP contribution in [-0.2, 0) is 11.3 Å². The van der Waals surface area contributed by atoms with E-state index in [9.17, 15) is 4.79 Å². The highest BCUT2D eigenvalue weighted by atomic mass is 79.9. The van der Waals surface area contributed by atoms with Gasteiger partial charge < -0.3 is 5.32 Å². The molecule has 6 nitrogen and oxygen atoms in total. The average molecular weight is 457 g/mol. The highest BCUT2D eigenvalue weighted by molar-refractivity contribution is 9.10. The first-order valence-corrected chi connectivity index (χ1v) is 9.38. The molecule has 2 heterocycles. The van der Waals surface area contributed by atoms with Crippen molar-refractivity contribution >= 4 is 50.9 Å². The molecule has 9 heteroatoms. The highest BCUT2D eigenvalue weighted by Gasteiger charge is 2.20. The van der Waals surface area contributed by atoms with Gasteiger partial charge in [0.2, 0.25) is 5.91 Å². The van der Waals surface area contributed by atoms with Crippen LogP contribution in [0, 0.1) is 6.92 Å². The topological polar surface area (TPSA) is 64.7 Å². The molecule has 0 saturated carbocycles. The van der Waals surface area contributed by atoms with Gasteiger partial charge in [-0.15, -0.1) is 0 Å². The molecule has 0 spiro atoms. The first-order valence-electron chi connectivity index (χ1n) is 7.83. The van der Waals surface area contributed by atoms with Crippen LogP contribution in [0.3, 0.4) is 0 Å². The van der Waals surface area contributed by atoms with Crippen LogP contribution in [0.2, 0.25) is 10.0 Å². The van der Waals surface area contributed by atoms with Gasteiger partial charge in [0.25, 0.3) is 0 Å². The van der Waals surface area contributed by atoms with Crippen molar-refractivity contribution in [3.8, 4) is 0 Å². The molecule has 3 rings (SSSR count). The van der Waals surface area contributed by atoms with Crippen molar-refractivity contribution in [2.45, 2.75) is 26.4 Å². The van der Waals surface area contributed by atoms with E-state index in [1.807, 2.05) is 31.2 Å². The monoisotopic (exact) mass is 455 g/mol. The molecule has 2 aromatic heterocycles. The minimum atomic E-state index is -0.501. The second-order valence-electron chi connectivity index (χ2n) is 5.84. The van der Waals surface area contributed by atoms with Crippen molar-refractivity contribution in [1.29, 1.82) is 0 Å². The number of rotatable bonds is 5. The molecular formula is C17H16BrCl2N5O. The second kappa shape index (κ2) is 7.82. The van der Waals surface area contributed by atoms with Crippen molar-refractivity contribution in [2.24, 2.45) is 0 Å². The smallest absolute Gasteiger partial charge is 0.250 e. The minimum absolute atomic E-state index is 0.248. The SMILES string of the molecule is Cc1c(Br)cnn1C(C)C(=O)Nc1nn(Cc2ccc(Cl)cc2)cc1Cl. The molecule has 1 unspecified atom stereocenters. The van der Waals surface area contributed by atoms with E-state index in [-0.39, 0.29) is 5.91 Å². The molecule has 0 aliphatic heterocycles. The van der Waals surface area contributed by atoms with E-state index in [0.717, 1.165) is 15.7 Å². The molecule has 0 aliphatic rings. The number of hydrogen-bond acceptors (Lipinski definition) is 3. The zero-order valence-electron chi connectivity index (χ0n) is 14.1. The van der Waals surface area contributed by atoms with Gasteiger partial charge in [-0.2, -0.15) is 10.2 Å². The van der Waals surface area contributed by atoms with E-state index in [1.165, 1.54) is 0 Å². The number of carbonyl (C=O) groups excluding carboxylic acids is 1. The van der Waals surface area contributed by atoms with Gasteiger partial charge in [-0.1, -0.05) is 35.3 Å². The molecule has 0 aliphatic carbocycles. The van der Waals surface area contributed by atoms with Crippen LogP contribution in [0.15, 0.2) is 41.1 Å². The Hall–Kier alpha value is -1.83. The fourth-order valence-corrected chi connectivity index (χ4v) is 3.06. The molecular weight excluding hydrogens is 441 g/mol. The molecule has 0 radical (unpaired) electrons. The molecule has 0 bridgehead atoms. The third-order valence-corrected chi connectivity index (χ3v) is 5.25. The van der Waals surface area contributed by atoms with Gasteiger partial charge in [-0.05, 0) is 47.5 Å². The van der Waals surface area contributed by atoms with Crippen molar-refractivity contribution in [3.63, 3.8) is 0 Å². The summed E-state index contributed by atoms with van der Waals surface area (Å²) in [6, 6.07) is 6.96. The Bertz CT molecular complexity index is 935.